The Balaban J connectivity index is 1.81. The molecule has 1 aliphatic heterocycles. The van der Waals surface area contributed by atoms with Crippen molar-refractivity contribution in [3.05, 3.63) is 0 Å². The first-order valence-corrected chi connectivity index (χ1v) is 5.89. The topological polar surface area (TPSA) is 78.4 Å². The summed E-state index contributed by atoms with van der Waals surface area (Å²) < 4.78 is 0. The van der Waals surface area contributed by atoms with Crippen molar-refractivity contribution in [3.8, 4) is 0 Å². The molecule has 5 heteroatoms. The van der Waals surface area contributed by atoms with E-state index in [-0.39, 0.29) is 18.5 Å². The number of carboxylic acid groups (broad SMARTS) is 1. The van der Waals surface area contributed by atoms with E-state index < -0.39 is 11.4 Å². The van der Waals surface area contributed by atoms with Crippen LogP contribution < -0.4 is 10.6 Å². The van der Waals surface area contributed by atoms with Crippen molar-refractivity contribution in [3.63, 3.8) is 0 Å². The average Bonchev–Trinajstić information content (AvgIpc) is 2.67. The van der Waals surface area contributed by atoms with E-state index >= 15 is 0 Å². The van der Waals surface area contributed by atoms with Gasteiger partial charge in [0.05, 0.1) is 11.5 Å². The molecule has 5 nitrogen and oxygen atoms in total. The molecule has 2 aliphatic rings. The Hall–Kier alpha value is -1.10. The maximum absolute atomic E-state index is 11.7. The van der Waals surface area contributed by atoms with Gasteiger partial charge in [-0.15, -0.1) is 0 Å². The van der Waals surface area contributed by atoms with E-state index in [1.54, 1.807) is 0 Å². The zero-order valence-electron chi connectivity index (χ0n) is 9.29. The molecule has 1 amide bonds. The van der Waals surface area contributed by atoms with E-state index in [0.29, 0.717) is 12.8 Å². The number of hydrogen-bond donors (Lipinski definition) is 3. The number of rotatable bonds is 4. The predicted molar refractivity (Wildman–Crippen MR) is 58.0 cm³/mol. The molecule has 0 bridgehead atoms. The second kappa shape index (κ2) is 4.41. The van der Waals surface area contributed by atoms with Gasteiger partial charge in [0.1, 0.15) is 0 Å². The van der Waals surface area contributed by atoms with Crippen molar-refractivity contribution < 1.29 is 14.7 Å². The molecule has 0 spiro atoms. The first-order valence-electron chi connectivity index (χ1n) is 5.89. The van der Waals surface area contributed by atoms with Gasteiger partial charge < -0.3 is 15.7 Å². The number of carbonyl (C=O) groups excluding carboxylic acids is 1. The monoisotopic (exact) mass is 226 g/mol. The highest BCUT2D eigenvalue weighted by atomic mass is 16.4. The lowest BCUT2D eigenvalue weighted by atomic mass is 9.69. The maximum atomic E-state index is 11.7. The minimum absolute atomic E-state index is 0.0509. The van der Waals surface area contributed by atoms with Crippen molar-refractivity contribution >= 4 is 11.9 Å². The van der Waals surface area contributed by atoms with E-state index in [4.69, 9.17) is 5.11 Å². The van der Waals surface area contributed by atoms with Crippen molar-refractivity contribution in [2.24, 2.45) is 5.41 Å². The fourth-order valence-electron chi connectivity index (χ4n) is 2.36. The highest BCUT2D eigenvalue weighted by Crippen LogP contribution is 2.40. The summed E-state index contributed by atoms with van der Waals surface area (Å²) in [7, 11) is 0. The van der Waals surface area contributed by atoms with Gasteiger partial charge in [0.25, 0.3) is 0 Å². The van der Waals surface area contributed by atoms with Crippen molar-refractivity contribution in [1.82, 2.24) is 10.6 Å². The highest BCUT2D eigenvalue weighted by Gasteiger charge is 2.44. The molecule has 0 aromatic heterocycles. The maximum Gasteiger partial charge on any atom is 0.311 e. The van der Waals surface area contributed by atoms with Crippen LogP contribution in [0.4, 0.5) is 0 Å². The second-order valence-electron chi connectivity index (χ2n) is 4.81. The lowest BCUT2D eigenvalue weighted by Crippen LogP contribution is -2.50. The number of carbonyl (C=O) groups is 2. The summed E-state index contributed by atoms with van der Waals surface area (Å²) in [5.41, 5.74) is -0.686. The first-order chi connectivity index (χ1) is 7.64. The molecule has 2 fully saturated rings. The van der Waals surface area contributed by atoms with Gasteiger partial charge >= 0.3 is 5.97 Å². The Labute approximate surface area is 94.6 Å². The zero-order chi connectivity index (χ0) is 11.6. The molecule has 16 heavy (non-hydrogen) atoms. The number of nitrogens with one attached hydrogen (secondary N) is 2. The average molecular weight is 226 g/mol. The lowest BCUT2D eigenvalue weighted by molar-refractivity contribution is -0.154. The quantitative estimate of drug-likeness (QED) is 0.635. The van der Waals surface area contributed by atoms with Gasteiger partial charge in [0, 0.05) is 6.54 Å². The van der Waals surface area contributed by atoms with Gasteiger partial charge in [0.15, 0.2) is 0 Å². The molecule has 3 N–H and O–H groups in total. The van der Waals surface area contributed by atoms with Gasteiger partial charge in [0.2, 0.25) is 5.91 Å². The van der Waals surface area contributed by atoms with Gasteiger partial charge in [-0.2, -0.15) is 0 Å². The van der Waals surface area contributed by atoms with E-state index in [2.05, 4.69) is 10.6 Å². The smallest absolute Gasteiger partial charge is 0.311 e. The van der Waals surface area contributed by atoms with Crippen LogP contribution in [-0.2, 0) is 9.59 Å². The van der Waals surface area contributed by atoms with E-state index in [1.165, 1.54) is 0 Å². The summed E-state index contributed by atoms with van der Waals surface area (Å²) in [6.45, 7) is 1.15. The fourth-order valence-corrected chi connectivity index (χ4v) is 2.36. The second-order valence-corrected chi connectivity index (χ2v) is 4.81. The third-order valence-corrected chi connectivity index (χ3v) is 3.74. The van der Waals surface area contributed by atoms with Gasteiger partial charge in [-0.3, -0.25) is 9.59 Å². The molecule has 1 saturated carbocycles. The Morgan fingerprint density at radius 1 is 1.38 bits per heavy atom. The lowest BCUT2D eigenvalue weighted by Gasteiger charge is -2.37. The summed E-state index contributed by atoms with van der Waals surface area (Å²) in [5.74, 6) is -0.830. The van der Waals surface area contributed by atoms with Crippen LogP contribution >= 0.6 is 0 Å². The summed E-state index contributed by atoms with van der Waals surface area (Å²) >= 11 is 0. The van der Waals surface area contributed by atoms with Crippen LogP contribution in [0.3, 0.4) is 0 Å². The highest BCUT2D eigenvalue weighted by molar-refractivity contribution is 5.83. The molecular weight excluding hydrogens is 208 g/mol. The van der Waals surface area contributed by atoms with Crippen LogP contribution in [-0.4, -0.2) is 36.1 Å². The van der Waals surface area contributed by atoms with Crippen LogP contribution in [0.2, 0.25) is 0 Å². The summed E-state index contributed by atoms with van der Waals surface area (Å²) in [6.07, 6.45) is 4.18. The van der Waals surface area contributed by atoms with Crippen LogP contribution in [0.25, 0.3) is 0 Å². The van der Waals surface area contributed by atoms with Crippen LogP contribution in [0.5, 0.6) is 0 Å². The third-order valence-electron chi connectivity index (χ3n) is 3.74. The summed E-state index contributed by atoms with van der Waals surface area (Å²) in [4.78, 5) is 22.8. The molecule has 0 radical (unpaired) electrons. The molecule has 1 heterocycles. The number of amides is 1. The Bertz CT molecular complexity index is 294. The number of aliphatic carboxylic acids is 1. The third kappa shape index (κ3) is 2.04. The van der Waals surface area contributed by atoms with Gasteiger partial charge in [-0.05, 0) is 32.2 Å². The van der Waals surface area contributed by atoms with Gasteiger partial charge in [-0.25, -0.2) is 0 Å². The molecule has 0 aromatic carbocycles. The standard InChI is InChI=1S/C11H18N2O3/c14-9(8-3-1-6-12-8)13-7-11(10(15)16)4-2-5-11/h8,12H,1-7H2,(H,13,14)(H,15,16). The first kappa shape index (κ1) is 11.4. The number of carboxylic acids is 1. The van der Waals surface area contributed by atoms with Crippen LogP contribution in [0.15, 0.2) is 0 Å². The fraction of sp³-hybridized carbons (Fsp3) is 0.818. The molecule has 0 aromatic rings. The molecule has 1 unspecified atom stereocenters. The Kier molecular flexibility index (Phi) is 3.14. The minimum Gasteiger partial charge on any atom is -0.481 e. The summed E-state index contributed by atoms with van der Waals surface area (Å²) in [5, 5.41) is 15.0. The molecule has 1 aliphatic carbocycles. The van der Waals surface area contributed by atoms with Crippen molar-refractivity contribution in [1.29, 1.82) is 0 Å². The Morgan fingerprint density at radius 3 is 2.56 bits per heavy atom. The van der Waals surface area contributed by atoms with Crippen LogP contribution in [0, 0.1) is 5.41 Å². The molecule has 90 valence electrons. The van der Waals surface area contributed by atoms with Crippen molar-refractivity contribution in [2.75, 3.05) is 13.1 Å². The zero-order valence-corrected chi connectivity index (χ0v) is 9.29. The Morgan fingerprint density at radius 2 is 2.12 bits per heavy atom. The largest absolute Gasteiger partial charge is 0.481 e. The molecule has 1 atom stereocenters. The van der Waals surface area contributed by atoms with Crippen LogP contribution in [0.1, 0.15) is 32.1 Å². The minimum atomic E-state index is -0.779. The predicted octanol–water partition coefficient (Wildman–Crippen LogP) is 0.109. The van der Waals surface area contributed by atoms with E-state index in [0.717, 1.165) is 25.8 Å². The van der Waals surface area contributed by atoms with Crippen molar-refractivity contribution in [2.45, 2.75) is 38.1 Å². The van der Waals surface area contributed by atoms with Gasteiger partial charge in [-0.1, -0.05) is 6.42 Å². The number of hydrogen-bond acceptors (Lipinski definition) is 3. The summed E-state index contributed by atoms with van der Waals surface area (Å²) in [6, 6.07) is -0.120. The SMILES string of the molecule is O=C(NCC1(C(=O)O)CCC1)C1CCCN1. The normalized spacial score (nSPS) is 27.1. The molecular formula is C11H18N2O3. The molecule has 1 saturated heterocycles. The van der Waals surface area contributed by atoms with E-state index in [9.17, 15) is 9.59 Å². The molecule has 2 rings (SSSR count). The van der Waals surface area contributed by atoms with E-state index in [1.807, 2.05) is 0 Å².